The van der Waals surface area contributed by atoms with Crippen LogP contribution >= 0.6 is 0 Å². The van der Waals surface area contributed by atoms with E-state index in [1.54, 1.807) is 6.92 Å². The Balaban J connectivity index is 5.14. The Labute approximate surface area is 82.4 Å². The van der Waals surface area contributed by atoms with Crippen molar-refractivity contribution in [3.05, 3.63) is 0 Å². The van der Waals surface area contributed by atoms with E-state index in [2.05, 4.69) is 9.47 Å². The molecule has 80 valence electrons. The topological polar surface area (TPSA) is 69.7 Å². The molecular weight excluding hydrogens is 188 g/mol. The molecule has 5 heteroatoms. The molecule has 0 aromatic carbocycles. The maximum Gasteiger partial charge on any atom is 0.330 e. The molecule has 0 heterocycles. The highest BCUT2D eigenvalue weighted by atomic mass is 16.5. The number of esters is 2. The minimum Gasteiger partial charge on any atom is -0.468 e. The number of carbonyl (C=O) groups excluding carboxylic acids is 3. The fourth-order valence-corrected chi connectivity index (χ4v) is 1.07. The fourth-order valence-electron chi connectivity index (χ4n) is 1.07. The number of methoxy groups -OCH3 is 2. The molecule has 0 atom stereocenters. The quantitative estimate of drug-likeness (QED) is 0.485. The minimum absolute atomic E-state index is 0.0701. The zero-order valence-corrected chi connectivity index (χ0v) is 8.75. The highest BCUT2D eigenvalue weighted by Gasteiger charge is 2.49. The summed E-state index contributed by atoms with van der Waals surface area (Å²) in [5, 5.41) is 0. The van der Waals surface area contributed by atoms with Crippen LogP contribution in [0, 0.1) is 5.41 Å². The molecule has 0 saturated heterocycles. The lowest BCUT2D eigenvalue weighted by Gasteiger charge is -2.21. The monoisotopic (exact) mass is 202 g/mol. The van der Waals surface area contributed by atoms with Gasteiger partial charge in [-0.15, -0.1) is 0 Å². The van der Waals surface area contributed by atoms with Gasteiger partial charge in [-0.1, -0.05) is 6.92 Å². The molecule has 0 amide bonds. The Morgan fingerprint density at radius 2 is 1.43 bits per heavy atom. The van der Waals surface area contributed by atoms with Crippen LogP contribution in [0.25, 0.3) is 0 Å². The van der Waals surface area contributed by atoms with Crippen LogP contribution in [-0.4, -0.2) is 31.9 Å². The summed E-state index contributed by atoms with van der Waals surface area (Å²) in [6, 6.07) is 0. The number of ether oxygens (including phenoxy) is 2. The van der Waals surface area contributed by atoms with E-state index >= 15 is 0 Å². The summed E-state index contributed by atoms with van der Waals surface area (Å²) in [5.74, 6) is -2.30. The minimum atomic E-state index is -1.84. The number of Topliss-reactive ketones (excluding diaryl/α,β-unsaturated/α-hetero) is 1. The second-order valence-electron chi connectivity index (χ2n) is 2.88. The van der Waals surface area contributed by atoms with Gasteiger partial charge in [0.1, 0.15) is 0 Å². The molecule has 0 aromatic rings. The van der Waals surface area contributed by atoms with Crippen LogP contribution in [0.15, 0.2) is 0 Å². The molecule has 0 aliphatic heterocycles. The summed E-state index contributed by atoms with van der Waals surface area (Å²) < 4.78 is 8.80. The highest BCUT2D eigenvalue weighted by molar-refractivity contribution is 6.19. The molecule has 14 heavy (non-hydrogen) atoms. The number of rotatable bonds is 4. The average molecular weight is 202 g/mol. The van der Waals surface area contributed by atoms with Crippen molar-refractivity contribution in [3.63, 3.8) is 0 Å². The first-order valence-electron chi connectivity index (χ1n) is 4.15. The van der Waals surface area contributed by atoms with Crippen molar-refractivity contribution in [2.24, 2.45) is 5.41 Å². The van der Waals surface area contributed by atoms with Crippen molar-refractivity contribution in [2.75, 3.05) is 14.2 Å². The van der Waals surface area contributed by atoms with Gasteiger partial charge in [0.25, 0.3) is 0 Å². The van der Waals surface area contributed by atoms with Gasteiger partial charge in [-0.3, -0.25) is 14.4 Å². The van der Waals surface area contributed by atoms with Gasteiger partial charge in [0, 0.05) is 6.42 Å². The molecule has 0 radical (unpaired) electrons. The van der Waals surface area contributed by atoms with E-state index in [1.807, 2.05) is 0 Å². The maximum atomic E-state index is 11.4. The predicted molar refractivity (Wildman–Crippen MR) is 47.4 cm³/mol. The van der Waals surface area contributed by atoms with Crippen molar-refractivity contribution in [3.8, 4) is 0 Å². The van der Waals surface area contributed by atoms with Crippen LogP contribution in [0.4, 0.5) is 0 Å². The van der Waals surface area contributed by atoms with Gasteiger partial charge in [0.15, 0.2) is 5.78 Å². The van der Waals surface area contributed by atoms with E-state index in [0.717, 1.165) is 14.2 Å². The van der Waals surface area contributed by atoms with E-state index in [0.29, 0.717) is 0 Å². The normalized spacial score (nSPS) is 10.6. The van der Waals surface area contributed by atoms with Gasteiger partial charge in [0.05, 0.1) is 14.2 Å². The molecule has 0 aliphatic carbocycles. The Bertz CT molecular complexity index is 215. The van der Waals surface area contributed by atoms with Gasteiger partial charge in [-0.05, 0) is 6.92 Å². The Kier molecular flexibility index (Phi) is 4.27. The fraction of sp³-hybridized carbons (Fsp3) is 0.667. The second-order valence-corrected chi connectivity index (χ2v) is 2.88. The molecular formula is C9H14O5. The third-order valence-electron chi connectivity index (χ3n) is 2.07. The van der Waals surface area contributed by atoms with Crippen molar-refractivity contribution < 1.29 is 23.9 Å². The van der Waals surface area contributed by atoms with Crippen LogP contribution in [0.2, 0.25) is 0 Å². The van der Waals surface area contributed by atoms with Crippen molar-refractivity contribution in [1.82, 2.24) is 0 Å². The Morgan fingerprint density at radius 1 is 1.07 bits per heavy atom. The largest absolute Gasteiger partial charge is 0.468 e. The third kappa shape index (κ3) is 1.92. The molecule has 0 aromatic heterocycles. The lowest BCUT2D eigenvalue weighted by atomic mass is 9.84. The molecule has 0 N–H and O–H groups in total. The number of carbonyl (C=O) groups is 3. The summed E-state index contributed by atoms with van der Waals surface area (Å²) >= 11 is 0. The Morgan fingerprint density at radius 3 is 1.64 bits per heavy atom. The summed E-state index contributed by atoms with van der Waals surface area (Å²) in [7, 11) is 2.24. The molecule has 0 saturated carbocycles. The van der Waals surface area contributed by atoms with Crippen LogP contribution in [0.3, 0.4) is 0 Å². The van der Waals surface area contributed by atoms with Crippen molar-refractivity contribution in [1.29, 1.82) is 0 Å². The zero-order valence-electron chi connectivity index (χ0n) is 8.75. The smallest absolute Gasteiger partial charge is 0.330 e. The second kappa shape index (κ2) is 4.74. The summed E-state index contributed by atoms with van der Waals surface area (Å²) in [4.78, 5) is 34.0. The zero-order chi connectivity index (χ0) is 11.4. The van der Waals surface area contributed by atoms with E-state index < -0.39 is 23.1 Å². The van der Waals surface area contributed by atoms with Crippen LogP contribution in [0.5, 0.6) is 0 Å². The van der Waals surface area contributed by atoms with E-state index in [4.69, 9.17) is 0 Å². The molecule has 0 bridgehead atoms. The lowest BCUT2D eigenvalue weighted by Crippen LogP contribution is -2.45. The molecule has 0 aliphatic rings. The SMILES string of the molecule is CCC(=O)C(C)(C(=O)OC)C(=O)OC. The van der Waals surface area contributed by atoms with E-state index in [-0.39, 0.29) is 6.42 Å². The van der Waals surface area contributed by atoms with Gasteiger partial charge in [-0.2, -0.15) is 0 Å². The first-order valence-corrected chi connectivity index (χ1v) is 4.15. The molecule has 0 fully saturated rings. The standard InChI is InChI=1S/C9H14O5/c1-5-6(10)9(2,7(11)13-3)8(12)14-4/h5H2,1-4H3. The lowest BCUT2D eigenvalue weighted by molar-refractivity contribution is -0.170. The molecule has 0 rings (SSSR count). The van der Waals surface area contributed by atoms with Crippen LogP contribution < -0.4 is 0 Å². The maximum absolute atomic E-state index is 11.4. The first kappa shape index (κ1) is 12.6. The number of hydrogen-bond donors (Lipinski definition) is 0. The summed E-state index contributed by atoms with van der Waals surface area (Å²) in [5.41, 5.74) is -1.84. The summed E-state index contributed by atoms with van der Waals surface area (Å²) in [6.45, 7) is 2.77. The molecule has 5 nitrogen and oxygen atoms in total. The third-order valence-corrected chi connectivity index (χ3v) is 2.07. The van der Waals surface area contributed by atoms with Crippen molar-refractivity contribution in [2.45, 2.75) is 20.3 Å². The first-order chi connectivity index (χ1) is 6.44. The van der Waals surface area contributed by atoms with Crippen LogP contribution in [0.1, 0.15) is 20.3 Å². The highest BCUT2D eigenvalue weighted by Crippen LogP contribution is 2.23. The van der Waals surface area contributed by atoms with Crippen molar-refractivity contribution >= 4 is 17.7 Å². The summed E-state index contributed by atoms with van der Waals surface area (Å²) in [6.07, 6.45) is 0.0701. The van der Waals surface area contributed by atoms with Gasteiger partial charge >= 0.3 is 11.9 Å². The van der Waals surface area contributed by atoms with Gasteiger partial charge in [-0.25, -0.2) is 0 Å². The van der Waals surface area contributed by atoms with Crippen LogP contribution in [-0.2, 0) is 23.9 Å². The van der Waals surface area contributed by atoms with Gasteiger partial charge in [0.2, 0.25) is 5.41 Å². The molecule has 0 unspecified atom stereocenters. The predicted octanol–water partition coefficient (Wildman–Crippen LogP) is 0.318. The number of ketones is 1. The average Bonchev–Trinajstić information content (AvgIpc) is 2.24. The van der Waals surface area contributed by atoms with Gasteiger partial charge < -0.3 is 9.47 Å². The van der Waals surface area contributed by atoms with E-state index in [9.17, 15) is 14.4 Å². The van der Waals surface area contributed by atoms with E-state index in [1.165, 1.54) is 6.92 Å². The molecule has 0 spiro atoms. The number of hydrogen-bond acceptors (Lipinski definition) is 5. The Hall–Kier alpha value is -1.39.